The Morgan fingerprint density at radius 3 is 2.38 bits per heavy atom. The fraction of sp³-hybridized carbons (Fsp3) is 0.312. The Morgan fingerprint density at radius 2 is 1.76 bits per heavy atom. The smallest absolute Gasteiger partial charge is 0.141 e. The van der Waals surface area contributed by atoms with E-state index >= 15 is 0 Å². The van der Waals surface area contributed by atoms with Crippen molar-refractivity contribution in [2.45, 2.75) is 32.4 Å². The highest BCUT2D eigenvalue weighted by molar-refractivity contribution is 5.22. The lowest BCUT2D eigenvalue weighted by Gasteiger charge is -2.21. The lowest BCUT2D eigenvalue weighted by atomic mass is 10.0. The third-order valence-electron chi connectivity index (χ3n) is 3.07. The fourth-order valence-corrected chi connectivity index (χ4v) is 2.16. The Hall–Kier alpha value is -1.88. The second kappa shape index (κ2) is 6.72. The van der Waals surface area contributed by atoms with E-state index < -0.39 is 17.5 Å². The van der Waals surface area contributed by atoms with Crippen molar-refractivity contribution < 1.29 is 13.2 Å². The molecule has 1 aromatic carbocycles. The van der Waals surface area contributed by atoms with Crippen LogP contribution < -0.4 is 5.32 Å². The van der Waals surface area contributed by atoms with Crippen LogP contribution in [0.5, 0.6) is 0 Å². The fourth-order valence-electron chi connectivity index (χ4n) is 2.16. The molecule has 1 N–H and O–H groups in total. The van der Waals surface area contributed by atoms with Gasteiger partial charge in [0.25, 0.3) is 0 Å². The van der Waals surface area contributed by atoms with Gasteiger partial charge < -0.3 is 5.32 Å². The minimum Gasteiger partial charge on any atom is -0.306 e. The van der Waals surface area contributed by atoms with Crippen LogP contribution in [0.25, 0.3) is 0 Å². The monoisotopic (exact) mass is 294 g/mol. The van der Waals surface area contributed by atoms with Crippen LogP contribution in [-0.2, 0) is 6.42 Å². The third-order valence-corrected chi connectivity index (χ3v) is 3.07. The summed E-state index contributed by atoms with van der Waals surface area (Å²) in [6, 6.07) is 6.02. The Kier molecular flexibility index (Phi) is 4.96. The molecular formula is C16H17F3N2. The van der Waals surface area contributed by atoms with E-state index in [0.29, 0.717) is 5.69 Å². The van der Waals surface area contributed by atoms with Crippen molar-refractivity contribution in [2.24, 2.45) is 0 Å². The lowest BCUT2D eigenvalue weighted by molar-refractivity contribution is 0.455. The average Bonchev–Trinajstić information content (AvgIpc) is 2.42. The maximum absolute atomic E-state index is 13.8. The molecular weight excluding hydrogens is 277 g/mol. The number of nitrogens with zero attached hydrogens (tertiary/aromatic N) is 1. The van der Waals surface area contributed by atoms with Crippen LogP contribution >= 0.6 is 0 Å². The van der Waals surface area contributed by atoms with Crippen molar-refractivity contribution in [1.82, 2.24) is 10.3 Å². The van der Waals surface area contributed by atoms with Crippen LogP contribution in [0.1, 0.15) is 31.1 Å². The molecule has 0 aliphatic carbocycles. The van der Waals surface area contributed by atoms with Crippen LogP contribution in [0.3, 0.4) is 0 Å². The molecule has 1 heterocycles. The zero-order valence-electron chi connectivity index (χ0n) is 11.9. The first-order chi connectivity index (χ1) is 9.95. The van der Waals surface area contributed by atoms with Crippen molar-refractivity contribution in [1.29, 1.82) is 0 Å². The number of pyridine rings is 1. The summed E-state index contributed by atoms with van der Waals surface area (Å²) in [6.45, 7) is 3.89. The second-order valence-electron chi connectivity index (χ2n) is 5.22. The van der Waals surface area contributed by atoms with E-state index in [1.807, 2.05) is 13.8 Å². The highest BCUT2D eigenvalue weighted by Gasteiger charge is 2.17. The van der Waals surface area contributed by atoms with E-state index in [4.69, 9.17) is 0 Å². The summed E-state index contributed by atoms with van der Waals surface area (Å²) in [5.41, 5.74) is 0.855. The molecule has 0 aliphatic rings. The van der Waals surface area contributed by atoms with Gasteiger partial charge in [0.05, 0.1) is 17.9 Å². The van der Waals surface area contributed by atoms with Gasteiger partial charge in [0.2, 0.25) is 0 Å². The van der Waals surface area contributed by atoms with Crippen LogP contribution in [0.2, 0.25) is 0 Å². The zero-order chi connectivity index (χ0) is 15.4. The maximum atomic E-state index is 13.8. The maximum Gasteiger partial charge on any atom is 0.141 e. The predicted octanol–water partition coefficient (Wildman–Crippen LogP) is 3.78. The Balaban J connectivity index is 2.28. The largest absolute Gasteiger partial charge is 0.306 e. The van der Waals surface area contributed by atoms with Gasteiger partial charge in [-0.3, -0.25) is 4.98 Å². The number of hydrogen-bond acceptors (Lipinski definition) is 2. The van der Waals surface area contributed by atoms with Gasteiger partial charge in [0.15, 0.2) is 0 Å². The molecule has 0 saturated heterocycles. The minimum absolute atomic E-state index is 0.124. The van der Waals surface area contributed by atoms with E-state index in [2.05, 4.69) is 10.3 Å². The quantitative estimate of drug-likeness (QED) is 0.907. The van der Waals surface area contributed by atoms with E-state index in [1.54, 1.807) is 6.07 Å². The molecule has 1 aromatic heterocycles. The molecule has 2 rings (SSSR count). The Labute approximate surface area is 122 Å². The van der Waals surface area contributed by atoms with Crippen LogP contribution in [0.4, 0.5) is 13.2 Å². The molecule has 0 saturated carbocycles. The number of benzene rings is 1. The summed E-state index contributed by atoms with van der Waals surface area (Å²) in [6.07, 6.45) is 1.35. The van der Waals surface area contributed by atoms with Crippen molar-refractivity contribution in [3.05, 3.63) is 65.2 Å². The number of hydrogen-bond donors (Lipinski definition) is 1. The first-order valence-corrected chi connectivity index (χ1v) is 6.77. The van der Waals surface area contributed by atoms with Crippen molar-refractivity contribution >= 4 is 0 Å². The van der Waals surface area contributed by atoms with Crippen LogP contribution in [0, 0.1) is 17.5 Å². The third kappa shape index (κ3) is 4.29. The summed E-state index contributed by atoms with van der Waals surface area (Å²) in [5.74, 6) is -1.38. The molecule has 0 radical (unpaired) electrons. The van der Waals surface area contributed by atoms with E-state index in [1.165, 1.54) is 12.1 Å². The number of aromatic nitrogens is 1. The SMILES string of the molecule is CC(C)NC(Cc1cc(F)ccc1F)c1ccc(F)cn1. The van der Waals surface area contributed by atoms with E-state index in [9.17, 15) is 13.2 Å². The van der Waals surface area contributed by atoms with Gasteiger partial charge in [-0.15, -0.1) is 0 Å². The molecule has 112 valence electrons. The standard InChI is InChI=1S/C16H17F3N2/c1-10(2)21-16(15-6-4-13(18)9-20-15)8-11-7-12(17)3-5-14(11)19/h3-7,9-10,16,21H,8H2,1-2H3. The van der Waals surface area contributed by atoms with E-state index in [-0.39, 0.29) is 24.1 Å². The lowest BCUT2D eigenvalue weighted by Crippen LogP contribution is -2.30. The van der Waals surface area contributed by atoms with Gasteiger partial charge in [-0.25, -0.2) is 13.2 Å². The molecule has 2 nitrogen and oxygen atoms in total. The molecule has 21 heavy (non-hydrogen) atoms. The molecule has 0 amide bonds. The van der Waals surface area contributed by atoms with Crippen LogP contribution in [0.15, 0.2) is 36.5 Å². The zero-order valence-corrected chi connectivity index (χ0v) is 11.9. The predicted molar refractivity (Wildman–Crippen MR) is 75.3 cm³/mol. The van der Waals surface area contributed by atoms with Crippen molar-refractivity contribution in [3.63, 3.8) is 0 Å². The minimum atomic E-state index is -0.484. The summed E-state index contributed by atoms with van der Waals surface area (Å²) >= 11 is 0. The Morgan fingerprint density at radius 1 is 1.05 bits per heavy atom. The molecule has 0 aliphatic heterocycles. The number of nitrogens with one attached hydrogen (secondary N) is 1. The topological polar surface area (TPSA) is 24.9 Å². The van der Waals surface area contributed by atoms with Crippen molar-refractivity contribution in [3.8, 4) is 0 Å². The molecule has 0 fully saturated rings. The summed E-state index contributed by atoms with van der Waals surface area (Å²) < 4.78 is 40.0. The first kappa shape index (κ1) is 15.5. The highest BCUT2D eigenvalue weighted by Crippen LogP contribution is 2.20. The van der Waals surface area contributed by atoms with Gasteiger partial charge in [0.1, 0.15) is 17.5 Å². The van der Waals surface area contributed by atoms with Gasteiger partial charge in [-0.05, 0) is 42.3 Å². The normalized spacial score (nSPS) is 12.7. The van der Waals surface area contributed by atoms with E-state index in [0.717, 1.165) is 18.3 Å². The number of rotatable bonds is 5. The van der Waals surface area contributed by atoms with Crippen LogP contribution in [-0.4, -0.2) is 11.0 Å². The molecule has 2 aromatic rings. The molecule has 5 heteroatoms. The molecule has 0 spiro atoms. The summed E-state index contributed by atoms with van der Waals surface area (Å²) in [7, 11) is 0. The first-order valence-electron chi connectivity index (χ1n) is 6.77. The average molecular weight is 294 g/mol. The molecule has 1 unspecified atom stereocenters. The van der Waals surface area contributed by atoms with Gasteiger partial charge in [0, 0.05) is 6.04 Å². The molecule has 0 bridgehead atoms. The van der Waals surface area contributed by atoms with Crippen molar-refractivity contribution in [2.75, 3.05) is 0 Å². The second-order valence-corrected chi connectivity index (χ2v) is 5.22. The van der Waals surface area contributed by atoms with Gasteiger partial charge in [-0.1, -0.05) is 13.8 Å². The summed E-state index contributed by atoms with van der Waals surface area (Å²) in [4.78, 5) is 4.03. The van der Waals surface area contributed by atoms with Gasteiger partial charge in [-0.2, -0.15) is 0 Å². The number of halogens is 3. The summed E-state index contributed by atoms with van der Waals surface area (Å²) in [5, 5.41) is 3.24. The highest BCUT2D eigenvalue weighted by atomic mass is 19.1. The Bertz CT molecular complexity index is 597. The van der Waals surface area contributed by atoms with Gasteiger partial charge >= 0.3 is 0 Å². The molecule has 1 atom stereocenters.